The van der Waals surface area contributed by atoms with E-state index in [1.165, 1.54) is 10.6 Å². The van der Waals surface area contributed by atoms with E-state index in [1.54, 1.807) is 11.8 Å². The lowest BCUT2D eigenvalue weighted by molar-refractivity contribution is -0.140. The molecule has 1 N–H and O–H groups in total. The third-order valence-electron chi connectivity index (χ3n) is 5.91. The van der Waals surface area contributed by atoms with Crippen molar-refractivity contribution in [3.8, 4) is 0 Å². The Morgan fingerprint density at radius 3 is 2.32 bits per heavy atom. The number of carbonyl (C=O) groups excluding carboxylic acids is 2. The average molecular weight is 488 g/mol. The lowest BCUT2D eigenvalue weighted by Crippen LogP contribution is -2.47. The van der Waals surface area contributed by atoms with E-state index < -0.39 is 16.1 Å². The molecule has 2 rings (SSSR count). The summed E-state index contributed by atoms with van der Waals surface area (Å²) in [6, 6.07) is 12.8. The molecule has 0 saturated heterocycles. The Hall–Kier alpha value is -2.87. The van der Waals surface area contributed by atoms with Gasteiger partial charge in [0.1, 0.15) is 6.04 Å². The highest BCUT2D eigenvalue weighted by molar-refractivity contribution is 7.92. The van der Waals surface area contributed by atoms with E-state index in [9.17, 15) is 18.0 Å². The van der Waals surface area contributed by atoms with Crippen LogP contribution in [0, 0.1) is 20.8 Å². The fourth-order valence-electron chi connectivity index (χ4n) is 3.85. The lowest BCUT2D eigenvalue weighted by Gasteiger charge is -2.30. The Morgan fingerprint density at radius 2 is 1.71 bits per heavy atom. The van der Waals surface area contributed by atoms with E-state index in [-0.39, 0.29) is 24.8 Å². The summed E-state index contributed by atoms with van der Waals surface area (Å²) < 4.78 is 26.4. The number of rotatable bonds is 11. The second kappa shape index (κ2) is 12.0. The predicted octanol–water partition coefficient (Wildman–Crippen LogP) is 3.71. The molecule has 0 bridgehead atoms. The maximum absolute atomic E-state index is 13.3. The number of sulfonamides is 1. The van der Waals surface area contributed by atoms with E-state index >= 15 is 0 Å². The van der Waals surface area contributed by atoms with Crippen LogP contribution in [0.15, 0.2) is 42.5 Å². The van der Waals surface area contributed by atoms with Crippen LogP contribution in [0.4, 0.5) is 5.69 Å². The molecular weight excluding hydrogens is 450 g/mol. The molecule has 0 heterocycles. The number of amides is 2. The van der Waals surface area contributed by atoms with Gasteiger partial charge in [-0.15, -0.1) is 0 Å². The molecule has 0 saturated carbocycles. The zero-order valence-corrected chi connectivity index (χ0v) is 21.9. The van der Waals surface area contributed by atoms with Crippen molar-refractivity contribution in [3.05, 3.63) is 64.7 Å². The first-order valence-electron chi connectivity index (χ1n) is 11.6. The first-order chi connectivity index (χ1) is 16.0. The summed E-state index contributed by atoms with van der Waals surface area (Å²) in [5.41, 5.74) is 4.46. The third-order valence-corrected chi connectivity index (χ3v) is 7.09. The molecule has 0 aliphatic carbocycles. The second-order valence-electron chi connectivity index (χ2n) is 8.75. The van der Waals surface area contributed by atoms with E-state index in [0.29, 0.717) is 25.2 Å². The Balaban J connectivity index is 2.20. The molecule has 0 fully saturated rings. The number of hydrogen-bond donors (Lipinski definition) is 1. The molecule has 8 heteroatoms. The van der Waals surface area contributed by atoms with Gasteiger partial charge in [0, 0.05) is 26.1 Å². The summed E-state index contributed by atoms with van der Waals surface area (Å²) >= 11 is 0. The fourth-order valence-corrected chi connectivity index (χ4v) is 4.86. The molecule has 0 aliphatic heterocycles. The van der Waals surface area contributed by atoms with Crippen molar-refractivity contribution < 1.29 is 18.0 Å². The molecule has 2 amide bonds. The van der Waals surface area contributed by atoms with Crippen LogP contribution in [0.3, 0.4) is 0 Å². The molecule has 2 aromatic carbocycles. The summed E-state index contributed by atoms with van der Waals surface area (Å²) in [7, 11) is -3.52. The zero-order chi connectivity index (χ0) is 25.5. The highest BCUT2D eigenvalue weighted by atomic mass is 32.2. The van der Waals surface area contributed by atoms with Gasteiger partial charge in [-0.3, -0.25) is 13.9 Å². The fraction of sp³-hybridized carbons (Fsp3) is 0.462. The Kier molecular flexibility index (Phi) is 9.67. The predicted molar refractivity (Wildman–Crippen MR) is 137 cm³/mol. The summed E-state index contributed by atoms with van der Waals surface area (Å²) in [5, 5.41) is 2.79. The maximum atomic E-state index is 13.3. The van der Waals surface area contributed by atoms with Gasteiger partial charge < -0.3 is 10.2 Å². The summed E-state index contributed by atoms with van der Waals surface area (Å²) in [6.07, 6.45) is 1.65. The smallest absolute Gasteiger partial charge is 0.242 e. The molecule has 1 unspecified atom stereocenters. The van der Waals surface area contributed by atoms with Gasteiger partial charge in [-0.05, 0) is 69.4 Å². The molecule has 1 atom stereocenters. The highest BCUT2D eigenvalue weighted by Crippen LogP contribution is 2.25. The van der Waals surface area contributed by atoms with Crippen LogP contribution < -0.4 is 9.62 Å². The van der Waals surface area contributed by atoms with Crippen molar-refractivity contribution in [2.75, 3.05) is 23.7 Å². The number of likely N-dealkylation sites (N-methyl/N-ethyl adjacent to an activating group) is 1. The Morgan fingerprint density at radius 1 is 1.03 bits per heavy atom. The van der Waals surface area contributed by atoms with E-state index in [4.69, 9.17) is 0 Å². The maximum Gasteiger partial charge on any atom is 0.242 e. The van der Waals surface area contributed by atoms with E-state index in [0.717, 1.165) is 22.3 Å². The largest absolute Gasteiger partial charge is 0.355 e. The van der Waals surface area contributed by atoms with Gasteiger partial charge >= 0.3 is 0 Å². The standard InChI is InChI=1S/C26H37N3O4S/c1-7-27-26(31)22(5)28(18-23-12-9-8-11-20(23)3)25(30)13-10-16-29(34(6,32)33)24-17-19(2)14-15-21(24)4/h8-9,11-12,14-15,17,22H,7,10,13,16,18H2,1-6H3,(H,27,31). The van der Waals surface area contributed by atoms with Gasteiger partial charge in [0.15, 0.2) is 0 Å². The number of carbonyl (C=O) groups is 2. The molecule has 0 aromatic heterocycles. The summed E-state index contributed by atoms with van der Waals surface area (Å²) in [6.45, 7) is 10.3. The minimum absolute atomic E-state index is 0.131. The third kappa shape index (κ3) is 7.32. The van der Waals surface area contributed by atoms with Gasteiger partial charge in [0.2, 0.25) is 21.8 Å². The molecule has 7 nitrogen and oxygen atoms in total. The van der Waals surface area contributed by atoms with Gasteiger partial charge in [-0.1, -0.05) is 36.4 Å². The average Bonchev–Trinajstić information content (AvgIpc) is 2.76. The van der Waals surface area contributed by atoms with Crippen molar-refractivity contribution in [1.29, 1.82) is 0 Å². The van der Waals surface area contributed by atoms with Crippen LogP contribution in [0.25, 0.3) is 0 Å². The van der Waals surface area contributed by atoms with Gasteiger partial charge in [-0.2, -0.15) is 0 Å². The molecule has 186 valence electrons. The first-order valence-corrected chi connectivity index (χ1v) is 13.5. The van der Waals surface area contributed by atoms with Crippen molar-refractivity contribution in [2.45, 2.75) is 60.0 Å². The van der Waals surface area contributed by atoms with Gasteiger partial charge in [-0.25, -0.2) is 8.42 Å². The van der Waals surface area contributed by atoms with Crippen LogP contribution in [-0.2, 0) is 26.2 Å². The summed E-state index contributed by atoms with van der Waals surface area (Å²) in [4.78, 5) is 27.4. The number of hydrogen-bond acceptors (Lipinski definition) is 4. The van der Waals surface area contributed by atoms with Crippen molar-refractivity contribution >= 4 is 27.5 Å². The van der Waals surface area contributed by atoms with Crippen LogP contribution in [0.1, 0.15) is 48.9 Å². The topological polar surface area (TPSA) is 86.8 Å². The number of nitrogens with zero attached hydrogens (tertiary/aromatic N) is 2. The van der Waals surface area contributed by atoms with Gasteiger partial charge in [0.05, 0.1) is 11.9 Å². The van der Waals surface area contributed by atoms with Gasteiger partial charge in [0.25, 0.3) is 0 Å². The van der Waals surface area contributed by atoms with Crippen molar-refractivity contribution in [2.24, 2.45) is 0 Å². The van der Waals surface area contributed by atoms with Crippen molar-refractivity contribution in [3.63, 3.8) is 0 Å². The van der Waals surface area contributed by atoms with Crippen LogP contribution in [-0.4, -0.2) is 50.5 Å². The quantitative estimate of drug-likeness (QED) is 0.523. The normalized spacial score (nSPS) is 12.2. The number of nitrogens with one attached hydrogen (secondary N) is 1. The monoisotopic (exact) mass is 487 g/mol. The molecule has 0 radical (unpaired) electrons. The molecule has 34 heavy (non-hydrogen) atoms. The molecule has 2 aromatic rings. The minimum Gasteiger partial charge on any atom is -0.355 e. The number of benzene rings is 2. The minimum atomic E-state index is -3.52. The highest BCUT2D eigenvalue weighted by Gasteiger charge is 2.27. The summed E-state index contributed by atoms with van der Waals surface area (Å²) in [5.74, 6) is -0.394. The zero-order valence-electron chi connectivity index (χ0n) is 21.1. The lowest BCUT2D eigenvalue weighted by atomic mass is 10.1. The molecular formula is C26H37N3O4S. The first kappa shape index (κ1) is 27.4. The van der Waals surface area contributed by atoms with E-state index in [2.05, 4.69) is 5.32 Å². The van der Waals surface area contributed by atoms with Crippen molar-refractivity contribution in [1.82, 2.24) is 10.2 Å². The number of anilines is 1. The molecule has 0 aliphatic rings. The SMILES string of the molecule is CCNC(=O)C(C)N(Cc1ccccc1C)C(=O)CCCN(c1cc(C)ccc1C)S(C)(=O)=O. The Bertz CT molecular complexity index is 1110. The van der Waals surface area contributed by atoms with Crippen LogP contribution in [0.5, 0.6) is 0 Å². The van der Waals surface area contributed by atoms with E-state index in [1.807, 2.05) is 70.2 Å². The van der Waals surface area contributed by atoms with Crippen LogP contribution >= 0.6 is 0 Å². The number of aryl methyl sites for hydroxylation is 3. The molecule has 0 spiro atoms. The van der Waals surface area contributed by atoms with Crippen LogP contribution in [0.2, 0.25) is 0 Å². The Labute approximate surface area is 204 Å². The second-order valence-corrected chi connectivity index (χ2v) is 10.7.